The van der Waals surface area contributed by atoms with Crippen LogP contribution in [-0.2, 0) is 6.54 Å². The molecule has 0 amide bonds. The quantitative estimate of drug-likeness (QED) is 0.836. The van der Waals surface area contributed by atoms with Crippen LogP contribution < -0.4 is 5.32 Å². The molecule has 0 spiro atoms. The molecule has 0 bridgehead atoms. The average molecular weight is 223 g/mol. The lowest BCUT2D eigenvalue weighted by atomic mass is 10.1. The van der Waals surface area contributed by atoms with E-state index in [1.165, 1.54) is 19.5 Å². The van der Waals surface area contributed by atoms with Gasteiger partial charge in [-0.25, -0.2) is 4.98 Å². The van der Waals surface area contributed by atoms with Gasteiger partial charge in [-0.05, 0) is 46.3 Å². The first-order chi connectivity index (χ1) is 7.65. The van der Waals surface area contributed by atoms with Crippen molar-refractivity contribution in [3.8, 4) is 0 Å². The van der Waals surface area contributed by atoms with Crippen LogP contribution in [0.15, 0.2) is 4.42 Å². The summed E-state index contributed by atoms with van der Waals surface area (Å²) in [5.41, 5.74) is 0.998. The van der Waals surface area contributed by atoms with Crippen molar-refractivity contribution in [2.75, 3.05) is 26.7 Å². The van der Waals surface area contributed by atoms with Gasteiger partial charge in [0.05, 0.1) is 12.2 Å². The van der Waals surface area contributed by atoms with E-state index in [1.54, 1.807) is 0 Å². The molecule has 2 heterocycles. The molecule has 1 atom stereocenters. The Labute approximate surface area is 97.0 Å². The monoisotopic (exact) mass is 223 g/mol. The van der Waals surface area contributed by atoms with E-state index in [9.17, 15) is 0 Å². The van der Waals surface area contributed by atoms with Crippen LogP contribution in [0, 0.1) is 19.8 Å². The van der Waals surface area contributed by atoms with E-state index >= 15 is 0 Å². The maximum atomic E-state index is 5.52. The molecule has 16 heavy (non-hydrogen) atoms. The van der Waals surface area contributed by atoms with Gasteiger partial charge in [-0.1, -0.05) is 0 Å². The van der Waals surface area contributed by atoms with E-state index in [2.05, 4.69) is 22.2 Å². The third-order valence-electron chi connectivity index (χ3n) is 3.27. The maximum absolute atomic E-state index is 5.52. The van der Waals surface area contributed by atoms with Gasteiger partial charge in [0, 0.05) is 6.54 Å². The molecular formula is C12H21N3O. The first-order valence-electron chi connectivity index (χ1n) is 5.97. The van der Waals surface area contributed by atoms with Crippen molar-refractivity contribution in [2.24, 2.45) is 5.92 Å². The Kier molecular flexibility index (Phi) is 3.61. The molecule has 1 unspecified atom stereocenters. The highest BCUT2D eigenvalue weighted by atomic mass is 16.4. The van der Waals surface area contributed by atoms with Crippen LogP contribution in [-0.4, -0.2) is 36.6 Å². The molecule has 1 aliphatic heterocycles. The topological polar surface area (TPSA) is 41.3 Å². The van der Waals surface area contributed by atoms with E-state index in [0.29, 0.717) is 0 Å². The van der Waals surface area contributed by atoms with E-state index < -0.39 is 0 Å². The number of nitrogens with one attached hydrogen (secondary N) is 1. The molecule has 1 aromatic heterocycles. The second-order valence-electron chi connectivity index (χ2n) is 4.80. The summed E-state index contributed by atoms with van der Waals surface area (Å²) in [4.78, 5) is 6.73. The van der Waals surface area contributed by atoms with Crippen LogP contribution in [0.25, 0.3) is 0 Å². The molecule has 0 aliphatic carbocycles. The molecule has 1 fully saturated rings. The van der Waals surface area contributed by atoms with Gasteiger partial charge in [0.1, 0.15) is 5.76 Å². The third-order valence-corrected chi connectivity index (χ3v) is 3.27. The van der Waals surface area contributed by atoms with E-state index in [4.69, 9.17) is 4.42 Å². The fourth-order valence-corrected chi connectivity index (χ4v) is 2.19. The highest BCUT2D eigenvalue weighted by Gasteiger charge is 2.18. The molecule has 1 saturated heterocycles. The number of nitrogens with zero attached hydrogens (tertiary/aromatic N) is 2. The summed E-state index contributed by atoms with van der Waals surface area (Å²) < 4.78 is 5.52. The smallest absolute Gasteiger partial charge is 0.208 e. The molecule has 1 aromatic rings. The van der Waals surface area contributed by atoms with Gasteiger partial charge in [-0.3, -0.25) is 0 Å². The lowest BCUT2D eigenvalue weighted by Gasteiger charge is -2.10. The number of oxazole rings is 1. The molecule has 2 rings (SSSR count). The predicted octanol–water partition coefficient (Wildman–Crippen LogP) is 1.33. The van der Waals surface area contributed by atoms with Gasteiger partial charge < -0.3 is 14.6 Å². The summed E-state index contributed by atoms with van der Waals surface area (Å²) in [5, 5.41) is 3.42. The van der Waals surface area contributed by atoms with E-state index in [-0.39, 0.29) is 0 Å². The first kappa shape index (κ1) is 11.6. The van der Waals surface area contributed by atoms with Crippen molar-refractivity contribution in [1.82, 2.24) is 15.2 Å². The Morgan fingerprint density at radius 2 is 2.31 bits per heavy atom. The zero-order valence-corrected chi connectivity index (χ0v) is 10.4. The molecule has 90 valence electrons. The molecule has 4 heteroatoms. The summed E-state index contributed by atoms with van der Waals surface area (Å²) in [7, 11) is 2.18. The van der Waals surface area contributed by atoms with Crippen molar-refractivity contribution >= 4 is 0 Å². The zero-order valence-electron chi connectivity index (χ0n) is 10.4. The average Bonchev–Trinajstić information content (AvgIpc) is 2.75. The minimum absolute atomic E-state index is 0.745. The van der Waals surface area contributed by atoms with Crippen LogP contribution in [0.4, 0.5) is 0 Å². The highest BCUT2D eigenvalue weighted by molar-refractivity contribution is 5.05. The number of aromatic nitrogens is 1. The second kappa shape index (κ2) is 4.97. The van der Waals surface area contributed by atoms with Crippen molar-refractivity contribution < 1.29 is 4.42 Å². The number of hydrogen-bond donors (Lipinski definition) is 1. The number of likely N-dealkylation sites (tertiary alicyclic amines) is 1. The lowest BCUT2D eigenvalue weighted by Crippen LogP contribution is -2.24. The molecule has 1 aliphatic rings. The highest BCUT2D eigenvalue weighted by Crippen LogP contribution is 2.13. The maximum Gasteiger partial charge on any atom is 0.208 e. The standard InChI is InChI=1S/C12H21N3O/c1-9-10(2)16-12(14-9)7-13-6-11-4-5-15(3)8-11/h11,13H,4-8H2,1-3H3. The van der Waals surface area contributed by atoms with Crippen LogP contribution in [0.3, 0.4) is 0 Å². The number of aryl methyl sites for hydroxylation is 2. The molecule has 4 nitrogen and oxygen atoms in total. The van der Waals surface area contributed by atoms with Gasteiger partial charge >= 0.3 is 0 Å². The largest absolute Gasteiger partial charge is 0.444 e. The van der Waals surface area contributed by atoms with Crippen LogP contribution in [0.5, 0.6) is 0 Å². The lowest BCUT2D eigenvalue weighted by molar-refractivity contribution is 0.381. The molecule has 0 saturated carbocycles. The predicted molar refractivity (Wildman–Crippen MR) is 63.3 cm³/mol. The SMILES string of the molecule is Cc1nc(CNCC2CCN(C)C2)oc1C. The Hall–Kier alpha value is -0.870. The molecular weight excluding hydrogens is 202 g/mol. The third kappa shape index (κ3) is 2.83. The van der Waals surface area contributed by atoms with Crippen molar-refractivity contribution in [2.45, 2.75) is 26.8 Å². The summed E-state index contributed by atoms with van der Waals surface area (Å²) in [6.07, 6.45) is 1.30. The van der Waals surface area contributed by atoms with Crippen molar-refractivity contribution in [3.63, 3.8) is 0 Å². The van der Waals surface area contributed by atoms with Gasteiger partial charge in [-0.2, -0.15) is 0 Å². The number of hydrogen-bond acceptors (Lipinski definition) is 4. The molecule has 0 radical (unpaired) electrons. The van der Waals surface area contributed by atoms with Crippen LogP contribution >= 0.6 is 0 Å². The zero-order chi connectivity index (χ0) is 11.5. The number of rotatable bonds is 4. The molecule has 1 N–H and O–H groups in total. The van der Waals surface area contributed by atoms with E-state index in [1.807, 2.05) is 13.8 Å². The Bertz CT molecular complexity index is 329. The Morgan fingerprint density at radius 3 is 2.88 bits per heavy atom. The summed E-state index contributed by atoms with van der Waals surface area (Å²) in [5.74, 6) is 2.51. The van der Waals surface area contributed by atoms with Crippen molar-refractivity contribution in [1.29, 1.82) is 0 Å². The van der Waals surface area contributed by atoms with Crippen LogP contribution in [0.1, 0.15) is 23.8 Å². The minimum atomic E-state index is 0.745. The fourth-order valence-electron chi connectivity index (χ4n) is 2.19. The van der Waals surface area contributed by atoms with Crippen molar-refractivity contribution in [3.05, 3.63) is 17.3 Å². The van der Waals surface area contributed by atoms with Gasteiger partial charge in [0.25, 0.3) is 0 Å². The summed E-state index contributed by atoms with van der Waals surface area (Å²) in [6.45, 7) is 8.17. The van der Waals surface area contributed by atoms with Gasteiger partial charge in [0.15, 0.2) is 0 Å². The second-order valence-corrected chi connectivity index (χ2v) is 4.80. The first-order valence-corrected chi connectivity index (χ1v) is 5.97. The normalized spacial score (nSPS) is 21.8. The minimum Gasteiger partial charge on any atom is -0.444 e. The summed E-state index contributed by atoms with van der Waals surface area (Å²) in [6, 6.07) is 0. The van der Waals surface area contributed by atoms with Gasteiger partial charge in [-0.15, -0.1) is 0 Å². The van der Waals surface area contributed by atoms with Gasteiger partial charge in [0.2, 0.25) is 5.89 Å². The van der Waals surface area contributed by atoms with E-state index in [0.717, 1.165) is 36.4 Å². The van der Waals surface area contributed by atoms with Crippen LogP contribution in [0.2, 0.25) is 0 Å². The summed E-state index contributed by atoms with van der Waals surface area (Å²) >= 11 is 0. The fraction of sp³-hybridized carbons (Fsp3) is 0.750. The molecule has 0 aromatic carbocycles. The Morgan fingerprint density at radius 1 is 1.50 bits per heavy atom. The Balaban J connectivity index is 1.72.